The summed E-state index contributed by atoms with van der Waals surface area (Å²) in [4.78, 5) is 12.2. The smallest absolute Gasteiger partial charge is 0.220 e. The average Bonchev–Trinajstić information content (AvgIpc) is 3.09. The van der Waals surface area contributed by atoms with Gasteiger partial charge in [0, 0.05) is 6.42 Å². The van der Waals surface area contributed by atoms with Crippen LogP contribution in [0.3, 0.4) is 0 Å². The van der Waals surface area contributed by atoms with Crippen LogP contribution in [0, 0.1) is 0 Å². The number of amides is 1. The van der Waals surface area contributed by atoms with Gasteiger partial charge in [-0.1, -0.05) is 169 Å². The second-order valence-electron chi connectivity index (χ2n) is 12.6. The van der Waals surface area contributed by atoms with Gasteiger partial charge in [-0.05, 0) is 77.0 Å². The van der Waals surface area contributed by atoms with Crippen LogP contribution in [-0.4, -0.2) is 34.9 Å². The lowest BCUT2D eigenvalue weighted by Crippen LogP contribution is -2.45. The molecular weight excluding hydrogens is 590 g/mol. The fraction of sp³-hybridized carbons (Fsp3) is 0.614. The standard InChI is InChI=1S/C44H73NO3/c1-3-5-7-8-9-10-11-12-13-14-15-16-17-18-19-20-21-22-23-24-25-26-27-28-29-30-31-32-33-34-35-36-38-40-44(48)45-42(41-46)43(47)39-37-6-4-2/h5,7,9-10,12-13,15-16,18-19,21-22,24-25,27-28,42-43,46-47H,3-4,6,8,11,14,17,20,23,26,29-41H2,1-2H3,(H,45,48)/b7-5-,10-9-,13-12-,16-15-,19-18-,22-21-,25-24-,28-27-. The number of carbonyl (C=O) groups excluding carboxylic acids is 1. The van der Waals surface area contributed by atoms with Crippen molar-refractivity contribution in [2.24, 2.45) is 0 Å². The summed E-state index contributed by atoms with van der Waals surface area (Å²) in [6.45, 7) is 4.07. The van der Waals surface area contributed by atoms with Gasteiger partial charge in [-0.3, -0.25) is 4.79 Å². The summed E-state index contributed by atoms with van der Waals surface area (Å²) >= 11 is 0. The molecule has 0 aromatic rings. The maximum atomic E-state index is 12.2. The highest BCUT2D eigenvalue weighted by Crippen LogP contribution is 2.12. The van der Waals surface area contributed by atoms with Crippen molar-refractivity contribution in [1.82, 2.24) is 5.32 Å². The monoisotopic (exact) mass is 664 g/mol. The highest BCUT2D eigenvalue weighted by atomic mass is 16.3. The van der Waals surface area contributed by atoms with Crippen molar-refractivity contribution in [3.8, 4) is 0 Å². The van der Waals surface area contributed by atoms with Gasteiger partial charge in [0.2, 0.25) is 5.91 Å². The van der Waals surface area contributed by atoms with E-state index in [0.717, 1.165) is 89.9 Å². The molecule has 0 bridgehead atoms. The third-order valence-corrected chi connectivity index (χ3v) is 8.11. The molecule has 0 aromatic heterocycles. The van der Waals surface area contributed by atoms with Crippen molar-refractivity contribution in [2.45, 2.75) is 167 Å². The molecule has 1 amide bonds. The normalized spacial score (nSPS) is 14.2. The van der Waals surface area contributed by atoms with Crippen LogP contribution in [0.25, 0.3) is 0 Å². The number of allylic oxidation sites excluding steroid dienone is 16. The van der Waals surface area contributed by atoms with Gasteiger partial charge in [-0.25, -0.2) is 0 Å². The molecule has 0 saturated carbocycles. The van der Waals surface area contributed by atoms with Crippen LogP contribution in [0.1, 0.15) is 155 Å². The van der Waals surface area contributed by atoms with E-state index in [-0.39, 0.29) is 12.5 Å². The van der Waals surface area contributed by atoms with E-state index in [4.69, 9.17) is 0 Å². The van der Waals surface area contributed by atoms with Crippen LogP contribution in [0.4, 0.5) is 0 Å². The van der Waals surface area contributed by atoms with Gasteiger partial charge in [-0.15, -0.1) is 0 Å². The van der Waals surface area contributed by atoms with Crippen LogP contribution in [0.5, 0.6) is 0 Å². The van der Waals surface area contributed by atoms with E-state index in [1.165, 1.54) is 38.5 Å². The number of aliphatic hydroxyl groups excluding tert-OH is 2. The molecule has 2 unspecified atom stereocenters. The Morgan fingerprint density at radius 2 is 0.917 bits per heavy atom. The Labute approximate surface area is 296 Å². The van der Waals surface area contributed by atoms with Crippen molar-refractivity contribution < 1.29 is 15.0 Å². The molecule has 3 N–H and O–H groups in total. The lowest BCUT2D eigenvalue weighted by atomic mass is 10.0. The van der Waals surface area contributed by atoms with Crippen molar-refractivity contribution in [2.75, 3.05) is 6.61 Å². The van der Waals surface area contributed by atoms with Crippen LogP contribution in [0.15, 0.2) is 97.2 Å². The molecule has 48 heavy (non-hydrogen) atoms. The molecule has 2 atom stereocenters. The fourth-order valence-corrected chi connectivity index (χ4v) is 5.14. The summed E-state index contributed by atoms with van der Waals surface area (Å²) in [5.74, 6) is -0.0583. The summed E-state index contributed by atoms with van der Waals surface area (Å²) in [5.41, 5.74) is 0. The van der Waals surface area contributed by atoms with Gasteiger partial charge in [0.1, 0.15) is 0 Å². The van der Waals surface area contributed by atoms with Crippen LogP contribution in [0.2, 0.25) is 0 Å². The van der Waals surface area contributed by atoms with E-state index in [0.29, 0.717) is 12.8 Å². The molecule has 0 saturated heterocycles. The Kier molecular flexibility index (Phi) is 36.6. The van der Waals surface area contributed by atoms with Gasteiger partial charge >= 0.3 is 0 Å². The number of unbranched alkanes of at least 4 members (excludes halogenated alkanes) is 10. The van der Waals surface area contributed by atoms with E-state index in [1.54, 1.807) is 0 Å². The summed E-state index contributed by atoms with van der Waals surface area (Å²) in [6, 6.07) is -0.542. The van der Waals surface area contributed by atoms with Gasteiger partial charge in [0.25, 0.3) is 0 Å². The third-order valence-electron chi connectivity index (χ3n) is 8.11. The van der Waals surface area contributed by atoms with Crippen LogP contribution >= 0.6 is 0 Å². The molecule has 0 aliphatic rings. The highest BCUT2D eigenvalue weighted by molar-refractivity contribution is 5.76. The predicted molar refractivity (Wildman–Crippen MR) is 211 cm³/mol. The Bertz CT molecular complexity index is 937. The molecular formula is C44H73NO3. The maximum Gasteiger partial charge on any atom is 0.220 e. The first-order chi connectivity index (χ1) is 23.7. The molecule has 4 nitrogen and oxygen atoms in total. The number of rotatable bonds is 33. The Hall–Kier alpha value is -2.69. The number of hydrogen-bond acceptors (Lipinski definition) is 3. The molecule has 0 heterocycles. The zero-order valence-corrected chi connectivity index (χ0v) is 31.0. The van der Waals surface area contributed by atoms with Gasteiger partial charge < -0.3 is 15.5 Å². The minimum Gasteiger partial charge on any atom is -0.394 e. The fourth-order valence-electron chi connectivity index (χ4n) is 5.14. The first kappa shape index (κ1) is 45.3. The lowest BCUT2D eigenvalue weighted by Gasteiger charge is -2.22. The van der Waals surface area contributed by atoms with E-state index in [1.807, 2.05) is 0 Å². The van der Waals surface area contributed by atoms with Crippen molar-refractivity contribution in [3.63, 3.8) is 0 Å². The summed E-state index contributed by atoms with van der Waals surface area (Å²) in [7, 11) is 0. The van der Waals surface area contributed by atoms with Gasteiger partial charge in [-0.2, -0.15) is 0 Å². The van der Waals surface area contributed by atoms with E-state index >= 15 is 0 Å². The van der Waals surface area contributed by atoms with Gasteiger partial charge in [0.15, 0.2) is 0 Å². The lowest BCUT2D eigenvalue weighted by molar-refractivity contribution is -0.123. The molecule has 4 heteroatoms. The molecule has 0 spiro atoms. The predicted octanol–water partition coefficient (Wildman–Crippen LogP) is 11.9. The van der Waals surface area contributed by atoms with Crippen molar-refractivity contribution in [3.05, 3.63) is 97.2 Å². The second-order valence-corrected chi connectivity index (χ2v) is 12.6. The maximum absolute atomic E-state index is 12.2. The molecule has 0 radical (unpaired) electrons. The zero-order chi connectivity index (χ0) is 35.0. The Balaban J connectivity index is 3.57. The van der Waals surface area contributed by atoms with Crippen molar-refractivity contribution in [1.29, 1.82) is 0 Å². The van der Waals surface area contributed by atoms with Crippen LogP contribution in [-0.2, 0) is 4.79 Å². The van der Waals surface area contributed by atoms with Crippen LogP contribution < -0.4 is 5.32 Å². The topological polar surface area (TPSA) is 69.6 Å². The average molecular weight is 664 g/mol. The minimum absolute atomic E-state index is 0.0583. The molecule has 0 fully saturated rings. The SMILES string of the molecule is CC/C=C\C/C=C\C/C=C\C/C=C\C/C=C\C/C=C\C/C=C\C/C=C\CCCCCCCCCCC(=O)NC(CO)C(O)CCCCC. The largest absolute Gasteiger partial charge is 0.394 e. The van der Waals surface area contributed by atoms with E-state index in [2.05, 4.69) is 116 Å². The molecule has 0 aliphatic carbocycles. The highest BCUT2D eigenvalue weighted by Gasteiger charge is 2.19. The molecule has 272 valence electrons. The zero-order valence-electron chi connectivity index (χ0n) is 31.0. The first-order valence-electron chi connectivity index (χ1n) is 19.4. The van der Waals surface area contributed by atoms with Gasteiger partial charge in [0.05, 0.1) is 18.8 Å². The Morgan fingerprint density at radius 1 is 0.521 bits per heavy atom. The minimum atomic E-state index is -0.664. The second kappa shape index (κ2) is 38.8. The molecule has 0 aromatic carbocycles. The number of nitrogens with one attached hydrogen (secondary N) is 1. The summed E-state index contributed by atoms with van der Waals surface area (Å²) in [5, 5.41) is 22.5. The first-order valence-corrected chi connectivity index (χ1v) is 19.4. The molecule has 0 aliphatic heterocycles. The van der Waals surface area contributed by atoms with E-state index < -0.39 is 12.1 Å². The summed E-state index contributed by atoms with van der Waals surface area (Å²) < 4.78 is 0. The van der Waals surface area contributed by atoms with Crippen molar-refractivity contribution >= 4 is 5.91 Å². The third kappa shape index (κ3) is 34.6. The Morgan fingerprint density at radius 3 is 1.33 bits per heavy atom. The molecule has 0 rings (SSSR count). The number of hydrogen-bond donors (Lipinski definition) is 3. The quantitative estimate of drug-likeness (QED) is 0.0483. The summed E-state index contributed by atoms with van der Waals surface area (Å²) in [6.07, 6.45) is 58.2. The number of aliphatic hydroxyl groups is 2. The number of carbonyl (C=O) groups is 1. The van der Waals surface area contributed by atoms with E-state index in [9.17, 15) is 15.0 Å².